The molecule has 0 unspecified atom stereocenters. The fraction of sp³-hybridized carbons (Fsp3) is 0.889. The Hall–Kier alpha value is -0.570. The van der Waals surface area contributed by atoms with E-state index in [0.717, 1.165) is 5.71 Å². The van der Waals surface area contributed by atoms with Crippen LogP contribution in [-0.4, -0.2) is 19.4 Å². The smallest absolute Gasteiger partial charge is 0.0859 e. The predicted molar refractivity (Wildman–Crippen MR) is 54.4 cm³/mol. The number of hydrogen-bond donors (Lipinski definition) is 1. The molecule has 0 amide bonds. The van der Waals surface area contributed by atoms with Gasteiger partial charge in [-0.05, 0) is 6.92 Å². The second-order valence-electron chi connectivity index (χ2n) is 2.65. The molecule has 0 aliphatic heterocycles. The Labute approximate surface area is 76.0 Å². The number of ether oxygens (including phenoxy) is 1. The van der Waals surface area contributed by atoms with Gasteiger partial charge in [0.2, 0.25) is 0 Å². The molecule has 3 heteroatoms. The second kappa shape index (κ2) is 13.1. The van der Waals surface area contributed by atoms with Crippen molar-refractivity contribution >= 4 is 5.71 Å². The van der Waals surface area contributed by atoms with Crippen LogP contribution in [0.2, 0.25) is 0 Å². The number of nitrogens with two attached hydrogens (primary N) is 1. The van der Waals surface area contributed by atoms with Gasteiger partial charge in [0.25, 0.3) is 0 Å². The summed E-state index contributed by atoms with van der Waals surface area (Å²) >= 11 is 0. The summed E-state index contributed by atoms with van der Waals surface area (Å²) in [5.41, 5.74) is 0.808. The highest BCUT2D eigenvalue weighted by molar-refractivity contribution is 5.82. The van der Waals surface area contributed by atoms with Crippen LogP contribution in [0, 0.1) is 0 Å². The third-order valence-electron chi connectivity index (χ3n) is 1.28. The fourth-order valence-corrected chi connectivity index (χ4v) is 0.600. The van der Waals surface area contributed by atoms with E-state index >= 15 is 0 Å². The molecule has 0 aliphatic carbocycles. The maximum absolute atomic E-state index is 4.87. The third-order valence-corrected chi connectivity index (χ3v) is 1.28. The Balaban J connectivity index is 0. The van der Waals surface area contributed by atoms with Crippen molar-refractivity contribution in [2.24, 2.45) is 10.9 Å². The zero-order valence-corrected chi connectivity index (χ0v) is 8.76. The van der Waals surface area contributed by atoms with Gasteiger partial charge in [0.15, 0.2) is 0 Å². The SMILES string of the molecule is CCCCC.COC/C(C)=N/N. The minimum Gasteiger partial charge on any atom is -0.379 e. The largest absolute Gasteiger partial charge is 0.379 e. The minimum absolute atomic E-state index is 0.524. The number of rotatable bonds is 4. The van der Waals surface area contributed by atoms with Crippen LogP contribution in [0.1, 0.15) is 40.0 Å². The van der Waals surface area contributed by atoms with E-state index in [-0.39, 0.29) is 0 Å². The molecular formula is C9H22N2O. The van der Waals surface area contributed by atoms with Crippen LogP contribution < -0.4 is 5.84 Å². The first-order valence-electron chi connectivity index (χ1n) is 4.45. The van der Waals surface area contributed by atoms with E-state index in [9.17, 15) is 0 Å². The Morgan fingerprint density at radius 1 is 1.33 bits per heavy atom. The molecule has 12 heavy (non-hydrogen) atoms. The number of unbranched alkanes of at least 4 members (excludes halogenated alkanes) is 2. The molecule has 0 aromatic carbocycles. The van der Waals surface area contributed by atoms with E-state index in [1.807, 2.05) is 6.92 Å². The van der Waals surface area contributed by atoms with Gasteiger partial charge in [-0.2, -0.15) is 5.10 Å². The fourth-order valence-electron chi connectivity index (χ4n) is 0.600. The van der Waals surface area contributed by atoms with E-state index in [1.165, 1.54) is 19.3 Å². The molecule has 0 aromatic rings. The van der Waals surface area contributed by atoms with E-state index in [4.69, 9.17) is 5.84 Å². The average Bonchev–Trinajstić information content (AvgIpc) is 2.07. The summed E-state index contributed by atoms with van der Waals surface area (Å²) in [5, 5.41) is 3.37. The Bertz CT molecular complexity index is 101. The molecule has 0 bridgehead atoms. The van der Waals surface area contributed by atoms with Crippen LogP contribution >= 0.6 is 0 Å². The van der Waals surface area contributed by atoms with E-state index in [0.29, 0.717) is 6.61 Å². The number of nitrogens with zero attached hydrogens (tertiary/aromatic N) is 1. The van der Waals surface area contributed by atoms with E-state index in [2.05, 4.69) is 23.7 Å². The summed E-state index contributed by atoms with van der Waals surface area (Å²) in [6.07, 6.45) is 4.08. The first kappa shape index (κ1) is 14.0. The van der Waals surface area contributed by atoms with Gasteiger partial charge in [-0.1, -0.05) is 33.1 Å². The Kier molecular flexibility index (Phi) is 15.2. The van der Waals surface area contributed by atoms with Crippen molar-refractivity contribution in [2.45, 2.75) is 40.0 Å². The van der Waals surface area contributed by atoms with Crippen LogP contribution in [0.25, 0.3) is 0 Å². The summed E-state index contributed by atoms with van der Waals surface area (Å²) < 4.78 is 4.68. The van der Waals surface area contributed by atoms with Crippen molar-refractivity contribution < 1.29 is 4.74 Å². The van der Waals surface area contributed by atoms with Gasteiger partial charge in [-0.3, -0.25) is 0 Å². The van der Waals surface area contributed by atoms with Crippen molar-refractivity contribution in [3.05, 3.63) is 0 Å². The molecule has 0 atom stereocenters. The molecule has 0 saturated carbocycles. The molecule has 2 N–H and O–H groups in total. The summed E-state index contributed by atoms with van der Waals surface area (Å²) in [6, 6.07) is 0. The molecule has 0 aliphatic rings. The van der Waals surface area contributed by atoms with Crippen molar-refractivity contribution in [1.29, 1.82) is 0 Å². The zero-order valence-electron chi connectivity index (χ0n) is 8.76. The average molecular weight is 174 g/mol. The topological polar surface area (TPSA) is 47.6 Å². The van der Waals surface area contributed by atoms with E-state index < -0.39 is 0 Å². The van der Waals surface area contributed by atoms with Crippen LogP contribution in [0.5, 0.6) is 0 Å². The molecule has 3 nitrogen and oxygen atoms in total. The van der Waals surface area contributed by atoms with Crippen molar-refractivity contribution in [2.75, 3.05) is 13.7 Å². The standard InChI is InChI=1S/C5H12.C4H10N2O/c1-3-5-4-2;1-4(6-5)3-7-2/h3-5H2,1-2H3;3,5H2,1-2H3/b;6-4+. The van der Waals surface area contributed by atoms with Crippen LogP contribution in [0.3, 0.4) is 0 Å². The van der Waals surface area contributed by atoms with Crippen LogP contribution in [0.15, 0.2) is 5.10 Å². The van der Waals surface area contributed by atoms with Gasteiger partial charge in [0.1, 0.15) is 0 Å². The van der Waals surface area contributed by atoms with E-state index in [1.54, 1.807) is 7.11 Å². The Morgan fingerprint density at radius 2 is 1.83 bits per heavy atom. The summed E-state index contributed by atoms with van der Waals surface area (Å²) in [5.74, 6) is 4.87. The monoisotopic (exact) mass is 174 g/mol. The lowest BCUT2D eigenvalue weighted by atomic mass is 10.3. The third kappa shape index (κ3) is 16.2. The van der Waals surface area contributed by atoms with Gasteiger partial charge in [-0.15, -0.1) is 0 Å². The summed E-state index contributed by atoms with van der Waals surface area (Å²) in [6.45, 7) is 6.76. The molecule has 74 valence electrons. The normalized spacial score (nSPS) is 10.5. The van der Waals surface area contributed by atoms with Gasteiger partial charge in [0.05, 0.1) is 12.3 Å². The number of methoxy groups -OCH3 is 1. The molecule has 0 aromatic heterocycles. The molecule has 0 radical (unpaired) electrons. The van der Waals surface area contributed by atoms with Gasteiger partial charge in [0, 0.05) is 7.11 Å². The lowest BCUT2D eigenvalue weighted by molar-refractivity contribution is 0.244. The molecule has 0 rings (SSSR count). The first-order chi connectivity index (χ1) is 5.72. The molecule has 0 saturated heterocycles. The highest BCUT2D eigenvalue weighted by Crippen LogP contribution is 1.88. The Morgan fingerprint density at radius 3 is 1.92 bits per heavy atom. The second-order valence-corrected chi connectivity index (χ2v) is 2.65. The predicted octanol–water partition coefficient (Wildman–Crippen LogP) is 2.16. The highest BCUT2D eigenvalue weighted by Gasteiger charge is 1.82. The lowest BCUT2D eigenvalue weighted by Crippen LogP contribution is -2.03. The van der Waals surface area contributed by atoms with Gasteiger partial charge in [-0.25, -0.2) is 0 Å². The maximum atomic E-state index is 4.87. The zero-order chi connectivity index (χ0) is 9.82. The molecule has 0 fully saturated rings. The van der Waals surface area contributed by atoms with Crippen molar-refractivity contribution in [3.63, 3.8) is 0 Å². The van der Waals surface area contributed by atoms with Gasteiger partial charge < -0.3 is 10.6 Å². The number of hydrogen-bond acceptors (Lipinski definition) is 3. The summed E-state index contributed by atoms with van der Waals surface area (Å²) in [7, 11) is 1.61. The lowest BCUT2D eigenvalue weighted by Gasteiger charge is -1.91. The van der Waals surface area contributed by atoms with Crippen LogP contribution in [-0.2, 0) is 4.74 Å². The molecule has 0 spiro atoms. The van der Waals surface area contributed by atoms with Crippen molar-refractivity contribution in [1.82, 2.24) is 0 Å². The van der Waals surface area contributed by atoms with Gasteiger partial charge >= 0.3 is 0 Å². The molecular weight excluding hydrogens is 152 g/mol. The maximum Gasteiger partial charge on any atom is 0.0859 e. The molecule has 0 heterocycles. The number of hydrazone groups is 1. The quantitative estimate of drug-likeness (QED) is 0.403. The van der Waals surface area contributed by atoms with Crippen LogP contribution in [0.4, 0.5) is 0 Å². The first-order valence-corrected chi connectivity index (χ1v) is 4.45. The minimum atomic E-state index is 0.524. The van der Waals surface area contributed by atoms with Crippen molar-refractivity contribution in [3.8, 4) is 0 Å². The summed E-state index contributed by atoms with van der Waals surface area (Å²) in [4.78, 5) is 0. The highest BCUT2D eigenvalue weighted by atomic mass is 16.5.